The van der Waals surface area contributed by atoms with Crippen LogP contribution in [0.4, 0.5) is 4.79 Å². The molecule has 0 saturated heterocycles. The lowest BCUT2D eigenvalue weighted by atomic mass is 10.0. The van der Waals surface area contributed by atoms with E-state index < -0.39 is 66.3 Å². The average Bonchev–Trinajstić information content (AvgIpc) is 3.63. The predicted octanol–water partition coefficient (Wildman–Crippen LogP) is 2.46. The normalized spacial score (nSPS) is 13.0. The molecule has 0 unspecified atom stereocenters. The smallest absolute Gasteiger partial charge is 0.408 e. The van der Waals surface area contributed by atoms with Gasteiger partial charge in [0.25, 0.3) is 5.91 Å². The monoisotopic (exact) mass is 746 g/mol. The van der Waals surface area contributed by atoms with Gasteiger partial charge in [-0.1, -0.05) is 108 Å². The number of ether oxygens (including phenoxy) is 1. The van der Waals surface area contributed by atoms with Gasteiger partial charge in [0, 0.05) is 12.8 Å². The zero-order valence-corrected chi connectivity index (χ0v) is 30.3. The summed E-state index contributed by atoms with van der Waals surface area (Å²) >= 11 is 0. The minimum absolute atomic E-state index is 0.00913. The quantitative estimate of drug-likeness (QED) is 0.101. The van der Waals surface area contributed by atoms with E-state index >= 15 is 0 Å². The lowest BCUT2D eigenvalue weighted by molar-refractivity contribution is -0.131. The SMILES string of the molecule is C[C@H](NC(=O)CNC(=O)[C@H](Cc1ccccc1)NC(=O)[C@H](C)NC(=O)OCc1ccccc1)C(=O)N[C@@H](Cc1ccccc1)C(=O)n1nnc2ccccc21. The molecule has 15 nitrogen and oxygen atoms in total. The number of para-hydroxylation sites is 1. The topological polar surface area (TPSA) is 203 Å². The first-order valence-electron chi connectivity index (χ1n) is 17.6. The van der Waals surface area contributed by atoms with Crippen molar-refractivity contribution in [2.24, 2.45) is 0 Å². The number of hydrogen-bond donors (Lipinski definition) is 5. The third-order valence-corrected chi connectivity index (χ3v) is 8.51. The van der Waals surface area contributed by atoms with Crippen LogP contribution in [-0.4, -0.2) is 81.3 Å². The standard InChI is InChI=1S/C40H42N8O7/c1-26(36(50)45-33(23-29-16-8-4-9-17-29)39(53)48-34-21-13-12-20-31(34)46-47-48)42-35(49)24-41-38(52)32(22-28-14-6-3-7-15-28)44-37(51)27(2)43-40(54)55-25-30-18-10-5-11-19-30/h3-21,26-27,32-33H,22-25H2,1-2H3,(H,41,52)(H,42,49)(H,43,54)(H,44,51)(H,45,50)/t26-,27-,32-,33-/m0/s1. The lowest BCUT2D eigenvalue weighted by Crippen LogP contribution is -2.55. The summed E-state index contributed by atoms with van der Waals surface area (Å²) < 4.78 is 6.34. The second-order valence-electron chi connectivity index (χ2n) is 12.8. The first-order chi connectivity index (χ1) is 26.6. The van der Waals surface area contributed by atoms with E-state index in [-0.39, 0.29) is 19.4 Å². The van der Waals surface area contributed by atoms with E-state index in [0.717, 1.165) is 21.4 Å². The number of hydrogen-bond acceptors (Lipinski definition) is 9. The number of carbonyl (C=O) groups is 6. The van der Waals surface area contributed by atoms with E-state index in [0.29, 0.717) is 11.0 Å². The molecule has 1 aromatic heterocycles. The molecule has 0 spiro atoms. The second kappa shape index (κ2) is 19.3. The Kier molecular flexibility index (Phi) is 13.8. The molecule has 0 radical (unpaired) electrons. The van der Waals surface area contributed by atoms with Crippen molar-refractivity contribution in [3.05, 3.63) is 132 Å². The van der Waals surface area contributed by atoms with Crippen molar-refractivity contribution in [3.63, 3.8) is 0 Å². The fraction of sp³-hybridized carbons (Fsp3) is 0.250. The molecule has 1 heterocycles. The Morgan fingerprint density at radius 2 is 1.11 bits per heavy atom. The zero-order chi connectivity index (χ0) is 39.2. The molecule has 0 bridgehead atoms. The Morgan fingerprint density at radius 3 is 1.73 bits per heavy atom. The van der Waals surface area contributed by atoms with Gasteiger partial charge in [-0.2, -0.15) is 4.68 Å². The summed E-state index contributed by atoms with van der Waals surface area (Å²) in [5.74, 6) is -3.17. The number of benzene rings is 4. The molecule has 4 atom stereocenters. The highest BCUT2D eigenvalue weighted by Crippen LogP contribution is 2.13. The molecular formula is C40H42N8O7. The number of fused-ring (bicyclic) bond motifs is 1. The van der Waals surface area contributed by atoms with E-state index in [4.69, 9.17) is 4.74 Å². The molecule has 55 heavy (non-hydrogen) atoms. The zero-order valence-electron chi connectivity index (χ0n) is 30.3. The first kappa shape index (κ1) is 39.3. The van der Waals surface area contributed by atoms with E-state index in [1.807, 2.05) is 54.6 Å². The van der Waals surface area contributed by atoms with Crippen molar-refractivity contribution < 1.29 is 33.5 Å². The van der Waals surface area contributed by atoms with Crippen molar-refractivity contribution in [1.82, 2.24) is 41.6 Å². The van der Waals surface area contributed by atoms with E-state index in [1.54, 1.807) is 60.7 Å². The highest BCUT2D eigenvalue weighted by atomic mass is 16.5. The maximum atomic E-state index is 13.7. The van der Waals surface area contributed by atoms with Crippen LogP contribution >= 0.6 is 0 Å². The molecule has 4 aromatic carbocycles. The summed E-state index contributed by atoms with van der Waals surface area (Å²) in [5.41, 5.74) is 3.28. The summed E-state index contributed by atoms with van der Waals surface area (Å²) in [4.78, 5) is 78.8. The van der Waals surface area contributed by atoms with Crippen LogP contribution in [0.25, 0.3) is 11.0 Å². The van der Waals surface area contributed by atoms with Gasteiger partial charge in [-0.05, 0) is 42.7 Å². The molecule has 5 aromatic rings. The molecule has 5 rings (SSSR count). The van der Waals surface area contributed by atoms with Crippen molar-refractivity contribution in [1.29, 1.82) is 0 Å². The highest BCUT2D eigenvalue weighted by Gasteiger charge is 2.29. The van der Waals surface area contributed by atoms with Gasteiger partial charge in [-0.3, -0.25) is 24.0 Å². The Hall–Kier alpha value is -6.90. The summed E-state index contributed by atoms with van der Waals surface area (Å²) in [6.07, 6.45) is -0.580. The summed E-state index contributed by atoms with van der Waals surface area (Å²) in [6.45, 7) is 2.38. The maximum Gasteiger partial charge on any atom is 0.408 e. The van der Waals surface area contributed by atoms with E-state index in [1.165, 1.54) is 13.8 Å². The highest BCUT2D eigenvalue weighted by molar-refractivity contribution is 5.97. The Bertz CT molecular complexity index is 2090. The fourth-order valence-corrected chi connectivity index (χ4v) is 5.54. The number of nitrogens with zero attached hydrogens (tertiary/aromatic N) is 3. The summed E-state index contributed by atoms with van der Waals surface area (Å²) in [7, 11) is 0. The van der Waals surface area contributed by atoms with E-state index in [9.17, 15) is 28.8 Å². The number of nitrogens with one attached hydrogen (secondary N) is 5. The number of rotatable bonds is 16. The maximum absolute atomic E-state index is 13.7. The summed E-state index contributed by atoms with van der Waals surface area (Å²) in [6, 6.07) is 29.7. The minimum Gasteiger partial charge on any atom is -0.445 e. The third-order valence-electron chi connectivity index (χ3n) is 8.51. The van der Waals surface area contributed by atoms with Crippen LogP contribution in [0.1, 0.15) is 35.3 Å². The van der Waals surface area contributed by atoms with Crippen LogP contribution in [0.5, 0.6) is 0 Å². The Balaban J connectivity index is 1.16. The van der Waals surface area contributed by atoms with Crippen molar-refractivity contribution >= 4 is 46.7 Å². The Morgan fingerprint density at radius 1 is 0.600 bits per heavy atom. The molecule has 5 amide bonds. The van der Waals surface area contributed by atoms with Crippen molar-refractivity contribution in [3.8, 4) is 0 Å². The lowest BCUT2D eigenvalue weighted by Gasteiger charge is -2.22. The van der Waals surface area contributed by atoms with Crippen LogP contribution < -0.4 is 26.6 Å². The van der Waals surface area contributed by atoms with Crippen LogP contribution in [0.2, 0.25) is 0 Å². The van der Waals surface area contributed by atoms with Gasteiger partial charge < -0.3 is 31.3 Å². The van der Waals surface area contributed by atoms with Gasteiger partial charge in [0.15, 0.2) is 0 Å². The van der Waals surface area contributed by atoms with Gasteiger partial charge in [-0.15, -0.1) is 5.10 Å². The number of amides is 5. The van der Waals surface area contributed by atoms with Crippen molar-refractivity contribution in [2.45, 2.75) is 57.5 Å². The van der Waals surface area contributed by atoms with Crippen LogP contribution in [0.3, 0.4) is 0 Å². The third kappa shape index (κ3) is 11.5. The van der Waals surface area contributed by atoms with Gasteiger partial charge in [0.2, 0.25) is 23.6 Å². The van der Waals surface area contributed by atoms with E-state index in [2.05, 4.69) is 36.9 Å². The molecular weight excluding hydrogens is 704 g/mol. The summed E-state index contributed by atoms with van der Waals surface area (Å²) in [5, 5.41) is 20.9. The number of aromatic nitrogens is 3. The van der Waals surface area contributed by atoms with Crippen LogP contribution in [-0.2, 0) is 43.4 Å². The molecule has 0 saturated carbocycles. The van der Waals surface area contributed by atoms with Crippen molar-refractivity contribution in [2.75, 3.05) is 6.54 Å². The Labute approximate surface area is 317 Å². The molecule has 0 aliphatic heterocycles. The molecule has 0 aliphatic carbocycles. The molecule has 5 N–H and O–H groups in total. The first-order valence-corrected chi connectivity index (χ1v) is 17.6. The van der Waals surface area contributed by atoms with Crippen LogP contribution in [0, 0.1) is 0 Å². The van der Waals surface area contributed by atoms with Gasteiger partial charge >= 0.3 is 6.09 Å². The van der Waals surface area contributed by atoms with Gasteiger partial charge in [-0.25, -0.2) is 4.79 Å². The second-order valence-corrected chi connectivity index (χ2v) is 12.8. The molecule has 15 heteroatoms. The average molecular weight is 747 g/mol. The molecule has 0 aliphatic rings. The largest absolute Gasteiger partial charge is 0.445 e. The van der Waals surface area contributed by atoms with Crippen LogP contribution in [0.15, 0.2) is 115 Å². The number of carbonyl (C=O) groups excluding carboxylic acids is 6. The fourth-order valence-electron chi connectivity index (χ4n) is 5.54. The number of alkyl carbamates (subject to hydrolysis) is 1. The molecule has 284 valence electrons. The van der Waals surface area contributed by atoms with Gasteiger partial charge in [0.1, 0.15) is 36.3 Å². The predicted molar refractivity (Wildman–Crippen MR) is 202 cm³/mol. The molecule has 0 fully saturated rings. The van der Waals surface area contributed by atoms with Gasteiger partial charge in [0.05, 0.1) is 12.1 Å². The minimum atomic E-state index is -1.12.